The van der Waals surface area contributed by atoms with Crippen molar-refractivity contribution in [1.82, 2.24) is 0 Å². The monoisotopic (exact) mass is 218 g/mol. The maximum atomic E-state index is 13.2. The van der Waals surface area contributed by atoms with Gasteiger partial charge in [-0.05, 0) is 12.7 Å². The molecular weight excluding hydrogens is 209 g/mol. The van der Waals surface area contributed by atoms with Gasteiger partial charge in [-0.1, -0.05) is 6.08 Å². The third kappa shape index (κ3) is 1.95. The second-order valence-corrected chi connectivity index (χ2v) is 3.48. The van der Waals surface area contributed by atoms with Gasteiger partial charge >= 0.3 is 0 Å². The minimum Gasteiger partial charge on any atom is -0.207 e. The van der Waals surface area contributed by atoms with Gasteiger partial charge < -0.3 is 0 Å². The van der Waals surface area contributed by atoms with Crippen LogP contribution in [0.2, 0.25) is 0 Å². The summed E-state index contributed by atoms with van der Waals surface area (Å²) in [5.74, 6) is -2.87. The molecular formula is C10H9F3S. The van der Waals surface area contributed by atoms with Crippen LogP contribution in [0.3, 0.4) is 0 Å². The highest BCUT2D eigenvalue weighted by molar-refractivity contribution is 7.98. The molecule has 0 heterocycles. The van der Waals surface area contributed by atoms with Crippen LogP contribution in [-0.2, 0) is 6.42 Å². The molecule has 0 spiro atoms. The van der Waals surface area contributed by atoms with Gasteiger partial charge in [0.25, 0.3) is 0 Å². The topological polar surface area (TPSA) is 0 Å². The molecule has 0 saturated carbocycles. The van der Waals surface area contributed by atoms with E-state index in [9.17, 15) is 13.2 Å². The summed E-state index contributed by atoms with van der Waals surface area (Å²) in [4.78, 5) is 0.0161. The van der Waals surface area contributed by atoms with E-state index < -0.39 is 17.5 Å². The third-order valence-electron chi connectivity index (χ3n) is 1.78. The summed E-state index contributed by atoms with van der Waals surface area (Å²) in [6.07, 6.45) is 3.22. The SMILES string of the molecule is C=CCc1c(F)cc(F)c(F)c1SC. The molecule has 1 rings (SSSR count). The third-order valence-corrected chi connectivity index (χ3v) is 2.61. The van der Waals surface area contributed by atoms with Crippen molar-refractivity contribution >= 4 is 11.8 Å². The Kier molecular flexibility index (Phi) is 3.63. The molecule has 0 amide bonds. The summed E-state index contributed by atoms with van der Waals surface area (Å²) in [6.45, 7) is 3.43. The van der Waals surface area contributed by atoms with Crippen LogP contribution in [0, 0.1) is 17.5 Å². The van der Waals surface area contributed by atoms with Gasteiger partial charge in [0.2, 0.25) is 0 Å². The molecule has 0 aliphatic rings. The molecule has 0 atom stereocenters. The van der Waals surface area contributed by atoms with Gasteiger partial charge in [0.05, 0.1) is 4.90 Å². The van der Waals surface area contributed by atoms with Crippen molar-refractivity contribution < 1.29 is 13.2 Å². The fourth-order valence-electron chi connectivity index (χ4n) is 1.16. The molecule has 1 aromatic rings. The zero-order chi connectivity index (χ0) is 10.7. The van der Waals surface area contributed by atoms with Crippen molar-refractivity contribution in [2.24, 2.45) is 0 Å². The Labute approximate surface area is 84.8 Å². The zero-order valence-corrected chi connectivity index (χ0v) is 8.43. The highest BCUT2D eigenvalue weighted by Crippen LogP contribution is 2.28. The summed E-state index contributed by atoms with van der Waals surface area (Å²) in [5.41, 5.74) is 0.159. The number of benzene rings is 1. The Morgan fingerprint density at radius 2 is 2.00 bits per heavy atom. The average Bonchev–Trinajstić information content (AvgIpc) is 2.15. The smallest absolute Gasteiger partial charge is 0.172 e. The molecule has 14 heavy (non-hydrogen) atoms. The summed E-state index contributed by atoms with van der Waals surface area (Å²) in [6, 6.07) is 0.563. The second-order valence-electron chi connectivity index (χ2n) is 2.66. The molecule has 0 aromatic heterocycles. The maximum absolute atomic E-state index is 13.2. The lowest BCUT2D eigenvalue weighted by atomic mass is 10.1. The Morgan fingerprint density at radius 3 is 2.50 bits per heavy atom. The van der Waals surface area contributed by atoms with Crippen molar-refractivity contribution in [3.8, 4) is 0 Å². The number of allylic oxidation sites excluding steroid dienone is 1. The van der Waals surface area contributed by atoms with Crippen LogP contribution in [0.4, 0.5) is 13.2 Å². The molecule has 0 unspecified atom stereocenters. The van der Waals surface area contributed by atoms with Crippen LogP contribution in [0.5, 0.6) is 0 Å². The van der Waals surface area contributed by atoms with E-state index >= 15 is 0 Å². The first kappa shape index (κ1) is 11.2. The fraction of sp³-hybridized carbons (Fsp3) is 0.200. The lowest BCUT2D eigenvalue weighted by molar-refractivity contribution is 0.472. The van der Waals surface area contributed by atoms with Crippen molar-refractivity contribution in [2.45, 2.75) is 11.3 Å². The van der Waals surface area contributed by atoms with Gasteiger partial charge in [-0.25, -0.2) is 13.2 Å². The van der Waals surface area contributed by atoms with Gasteiger partial charge in [0.15, 0.2) is 11.6 Å². The van der Waals surface area contributed by atoms with Crippen LogP contribution < -0.4 is 0 Å². The predicted molar refractivity (Wildman–Crippen MR) is 52.0 cm³/mol. The minimum absolute atomic E-state index is 0.0161. The Morgan fingerprint density at radius 1 is 1.36 bits per heavy atom. The molecule has 0 aliphatic carbocycles. The first-order chi connectivity index (χ1) is 6.61. The lowest BCUT2D eigenvalue weighted by Crippen LogP contribution is -1.99. The number of hydrogen-bond acceptors (Lipinski definition) is 1. The van der Waals surface area contributed by atoms with Crippen molar-refractivity contribution in [3.05, 3.63) is 41.7 Å². The largest absolute Gasteiger partial charge is 0.207 e. The predicted octanol–water partition coefficient (Wildman–Crippen LogP) is 3.55. The molecule has 0 aliphatic heterocycles. The van der Waals surface area contributed by atoms with Crippen LogP contribution in [0.15, 0.2) is 23.6 Å². The number of halogens is 3. The first-order valence-corrected chi connectivity index (χ1v) is 5.15. The molecule has 4 heteroatoms. The number of rotatable bonds is 3. The van der Waals surface area contributed by atoms with E-state index in [-0.39, 0.29) is 16.9 Å². The van der Waals surface area contributed by atoms with E-state index in [1.165, 1.54) is 6.08 Å². The quantitative estimate of drug-likeness (QED) is 0.424. The molecule has 0 nitrogen and oxygen atoms in total. The van der Waals surface area contributed by atoms with Gasteiger partial charge in [0, 0.05) is 11.6 Å². The summed E-state index contributed by atoms with van der Waals surface area (Å²) in [5, 5.41) is 0. The standard InChI is InChI=1S/C10H9F3S/c1-3-4-6-7(11)5-8(12)9(13)10(6)14-2/h3,5H,1,4H2,2H3. The second kappa shape index (κ2) is 4.55. The van der Waals surface area contributed by atoms with E-state index in [0.717, 1.165) is 11.8 Å². The van der Waals surface area contributed by atoms with E-state index in [0.29, 0.717) is 6.07 Å². The van der Waals surface area contributed by atoms with E-state index in [1.54, 1.807) is 6.26 Å². The number of thioether (sulfide) groups is 1. The molecule has 0 N–H and O–H groups in total. The Hall–Kier alpha value is -0.900. The van der Waals surface area contributed by atoms with Crippen molar-refractivity contribution in [2.75, 3.05) is 6.26 Å². The highest BCUT2D eigenvalue weighted by Gasteiger charge is 2.16. The van der Waals surface area contributed by atoms with E-state index in [4.69, 9.17) is 0 Å². The molecule has 0 fully saturated rings. The van der Waals surface area contributed by atoms with Crippen molar-refractivity contribution in [1.29, 1.82) is 0 Å². The van der Waals surface area contributed by atoms with Crippen molar-refractivity contribution in [3.63, 3.8) is 0 Å². The molecule has 76 valence electrons. The lowest BCUT2D eigenvalue weighted by Gasteiger charge is -2.08. The Bertz CT molecular complexity index is 361. The summed E-state index contributed by atoms with van der Waals surface area (Å²) < 4.78 is 39.2. The number of hydrogen-bond donors (Lipinski definition) is 0. The van der Waals surface area contributed by atoms with E-state index in [1.807, 2.05) is 0 Å². The van der Waals surface area contributed by atoms with Gasteiger partial charge in [-0.3, -0.25) is 0 Å². The van der Waals surface area contributed by atoms with Gasteiger partial charge in [-0.2, -0.15) is 0 Å². The molecule has 0 bridgehead atoms. The van der Waals surface area contributed by atoms with Crippen LogP contribution >= 0.6 is 11.8 Å². The van der Waals surface area contributed by atoms with Crippen LogP contribution in [-0.4, -0.2) is 6.26 Å². The minimum atomic E-state index is -1.15. The summed E-state index contributed by atoms with van der Waals surface area (Å²) >= 11 is 0.988. The van der Waals surface area contributed by atoms with Gasteiger partial charge in [-0.15, -0.1) is 18.3 Å². The van der Waals surface area contributed by atoms with E-state index in [2.05, 4.69) is 6.58 Å². The zero-order valence-electron chi connectivity index (χ0n) is 7.61. The molecule has 1 aromatic carbocycles. The summed E-state index contributed by atoms with van der Waals surface area (Å²) in [7, 11) is 0. The average molecular weight is 218 g/mol. The molecule has 0 radical (unpaired) electrons. The fourth-order valence-corrected chi connectivity index (χ4v) is 1.86. The van der Waals surface area contributed by atoms with Crippen LogP contribution in [0.1, 0.15) is 5.56 Å². The van der Waals surface area contributed by atoms with Crippen LogP contribution in [0.25, 0.3) is 0 Å². The highest BCUT2D eigenvalue weighted by atomic mass is 32.2. The first-order valence-electron chi connectivity index (χ1n) is 3.93. The normalized spacial score (nSPS) is 10.3. The van der Waals surface area contributed by atoms with Gasteiger partial charge in [0.1, 0.15) is 5.82 Å². The molecule has 0 saturated heterocycles. The Balaban J connectivity index is 3.38. The maximum Gasteiger partial charge on any atom is 0.172 e.